The van der Waals surface area contributed by atoms with E-state index in [4.69, 9.17) is 5.11 Å². The second-order valence-electron chi connectivity index (χ2n) is 3.53. The summed E-state index contributed by atoms with van der Waals surface area (Å²) in [4.78, 5) is 0. The maximum Gasteiger partial charge on any atom is 0.0456 e. The van der Waals surface area contributed by atoms with Gasteiger partial charge in [0.2, 0.25) is 0 Å². The van der Waals surface area contributed by atoms with Crippen molar-refractivity contribution in [3.8, 4) is 0 Å². The fraction of sp³-hybridized carbons (Fsp3) is 1.00. The average Bonchev–Trinajstić information content (AvgIpc) is 2.10. The van der Waals surface area contributed by atoms with Crippen LogP contribution in [0.3, 0.4) is 0 Å². The van der Waals surface area contributed by atoms with Gasteiger partial charge in [-0.2, -0.15) is 0 Å². The summed E-state index contributed by atoms with van der Waals surface area (Å²) in [6.07, 6.45) is 7.80. The summed E-state index contributed by atoms with van der Waals surface area (Å²) in [7, 11) is 0. The Bertz CT molecular complexity index is 85.9. The third kappa shape index (κ3) is 8.54. The van der Waals surface area contributed by atoms with Crippen LogP contribution in [0.1, 0.15) is 45.4 Å². The van der Waals surface area contributed by atoms with Gasteiger partial charge in [-0.05, 0) is 18.8 Å². The molecule has 0 aliphatic heterocycles. The molecule has 0 spiro atoms. The van der Waals surface area contributed by atoms with Crippen molar-refractivity contribution in [1.29, 1.82) is 0 Å². The largest absolute Gasteiger partial charge is 0.396 e. The van der Waals surface area contributed by atoms with Crippen LogP contribution in [-0.4, -0.2) is 17.0 Å². The maximum atomic E-state index is 8.77. The molecule has 0 aromatic rings. The van der Waals surface area contributed by atoms with Gasteiger partial charge in [0.05, 0.1) is 0 Å². The van der Waals surface area contributed by atoms with Gasteiger partial charge in [0.15, 0.2) is 0 Å². The van der Waals surface area contributed by atoms with Gasteiger partial charge in [-0.15, -0.1) is 0 Å². The van der Waals surface area contributed by atoms with Gasteiger partial charge in [-0.1, -0.05) is 48.5 Å². The van der Waals surface area contributed by atoms with E-state index < -0.39 is 0 Å². The van der Waals surface area contributed by atoms with Crippen molar-refractivity contribution in [2.45, 2.75) is 45.4 Å². The first kappa shape index (κ1) is 12.4. The molecule has 2 heteroatoms. The van der Waals surface area contributed by atoms with Gasteiger partial charge in [0.25, 0.3) is 0 Å². The molecule has 74 valence electrons. The van der Waals surface area contributed by atoms with Gasteiger partial charge in [0.1, 0.15) is 0 Å². The van der Waals surface area contributed by atoms with Gasteiger partial charge in [-0.25, -0.2) is 0 Å². The first-order valence-corrected chi connectivity index (χ1v) is 6.10. The van der Waals surface area contributed by atoms with Gasteiger partial charge in [0, 0.05) is 11.9 Å². The van der Waals surface area contributed by atoms with E-state index in [1.807, 2.05) is 0 Å². The van der Waals surface area contributed by atoms with E-state index >= 15 is 0 Å². The van der Waals surface area contributed by atoms with E-state index in [1.54, 1.807) is 0 Å². The fourth-order valence-electron chi connectivity index (χ4n) is 1.21. The summed E-state index contributed by atoms with van der Waals surface area (Å²) in [6, 6.07) is 0. The lowest BCUT2D eigenvalue weighted by Crippen LogP contribution is -1.99. The molecule has 0 rings (SSSR count). The molecule has 0 aromatic carbocycles. The Morgan fingerprint density at radius 1 is 1.08 bits per heavy atom. The predicted molar refractivity (Wildman–Crippen MR) is 57.7 cm³/mol. The van der Waals surface area contributed by atoms with Crippen LogP contribution in [0, 0.1) is 5.92 Å². The van der Waals surface area contributed by atoms with E-state index in [-0.39, 0.29) is 0 Å². The molecule has 0 radical (unpaired) electrons. The second kappa shape index (κ2) is 9.53. The number of rotatable bonds is 8. The molecule has 0 unspecified atom stereocenters. The first-order chi connectivity index (χ1) is 5.81. The summed E-state index contributed by atoms with van der Waals surface area (Å²) in [5, 5.41) is 9.91. The summed E-state index contributed by atoms with van der Waals surface area (Å²) >= 11 is 3.42. The van der Waals surface area contributed by atoms with Crippen LogP contribution in [0.4, 0.5) is 0 Å². The van der Waals surface area contributed by atoms with Crippen molar-refractivity contribution >= 4 is 15.9 Å². The van der Waals surface area contributed by atoms with E-state index in [9.17, 15) is 0 Å². The van der Waals surface area contributed by atoms with Crippen molar-refractivity contribution in [1.82, 2.24) is 0 Å². The smallest absolute Gasteiger partial charge is 0.0456 e. The molecule has 0 bridgehead atoms. The Hall–Kier alpha value is 0.440. The molecule has 0 heterocycles. The SMILES string of the molecule is C[C@H](CO)CCCCCCCBr. The minimum absolute atomic E-state index is 0.349. The quantitative estimate of drug-likeness (QED) is 0.507. The molecular weight excluding hydrogens is 216 g/mol. The van der Waals surface area contributed by atoms with Crippen molar-refractivity contribution in [2.24, 2.45) is 5.92 Å². The normalized spacial score (nSPS) is 13.2. The Morgan fingerprint density at radius 3 is 2.25 bits per heavy atom. The number of aliphatic hydroxyl groups excluding tert-OH is 1. The molecule has 0 saturated carbocycles. The third-order valence-electron chi connectivity index (χ3n) is 2.14. The third-order valence-corrected chi connectivity index (χ3v) is 2.70. The Labute approximate surface area is 84.7 Å². The van der Waals surface area contributed by atoms with Crippen molar-refractivity contribution in [3.05, 3.63) is 0 Å². The van der Waals surface area contributed by atoms with Crippen molar-refractivity contribution in [3.63, 3.8) is 0 Å². The lowest BCUT2D eigenvalue weighted by atomic mass is 10.0. The first-order valence-electron chi connectivity index (χ1n) is 4.98. The van der Waals surface area contributed by atoms with Crippen LogP contribution in [-0.2, 0) is 0 Å². The minimum atomic E-state index is 0.349. The van der Waals surface area contributed by atoms with Gasteiger partial charge >= 0.3 is 0 Å². The predicted octanol–water partition coefficient (Wildman–Crippen LogP) is 3.35. The number of aliphatic hydroxyl groups is 1. The molecule has 0 fully saturated rings. The number of unbranched alkanes of at least 4 members (excludes halogenated alkanes) is 4. The molecule has 1 nitrogen and oxygen atoms in total. The molecule has 1 atom stereocenters. The average molecular weight is 237 g/mol. The lowest BCUT2D eigenvalue weighted by molar-refractivity contribution is 0.227. The van der Waals surface area contributed by atoms with Crippen LogP contribution in [0.15, 0.2) is 0 Å². The van der Waals surface area contributed by atoms with Crippen LogP contribution in [0.2, 0.25) is 0 Å². The van der Waals surface area contributed by atoms with E-state index in [0.717, 1.165) is 5.33 Å². The zero-order chi connectivity index (χ0) is 9.23. The summed E-state index contributed by atoms with van der Waals surface area (Å²) in [5.74, 6) is 0.501. The molecular formula is C10H21BrO. The Balaban J connectivity index is 2.90. The molecule has 0 saturated heterocycles. The number of hydrogen-bond donors (Lipinski definition) is 1. The Morgan fingerprint density at radius 2 is 1.67 bits per heavy atom. The Kier molecular flexibility index (Phi) is 9.88. The summed E-state index contributed by atoms with van der Waals surface area (Å²) < 4.78 is 0. The molecule has 0 amide bonds. The second-order valence-corrected chi connectivity index (χ2v) is 4.33. The lowest BCUT2D eigenvalue weighted by Gasteiger charge is -2.06. The van der Waals surface area contributed by atoms with Crippen molar-refractivity contribution in [2.75, 3.05) is 11.9 Å². The molecule has 12 heavy (non-hydrogen) atoms. The molecule has 0 aliphatic carbocycles. The number of hydrogen-bond acceptors (Lipinski definition) is 1. The summed E-state index contributed by atoms with van der Waals surface area (Å²) in [6.45, 7) is 2.46. The maximum absolute atomic E-state index is 8.77. The van der Waals surface area contributed by atoms with Crippen LogP contribution in [0.5, 0.6) is 0 Å². The number of alkyl halides is 1. The monoisotopic (exact) mass is 236 g/mol. The zero-order valence-electron chi connectivity index (χ0n) is 8.06. The highest BCUT2D eigenvalue weighted by molar-refractivity contribution is 9.09. The van der Waals surface area contributed by atoms with E-state index in [1.165, 1.54) is 38.5 Å². The standard InChI is InChI=1S/C10H21BrO/c1-10(9-12)7-5-3-2-4-6-8-11/h10,12H,2-9H2,1H3/t10-/m0/s1. The van der Waals surface area contributed by atoms with E-state index in [2.05, 4.69) is 22.9 Å². The van der Waals surface area contributed by atoms with Gasteiger partial charge < -0.3 is 5.11 Å². The number of halogens is 1. The topological polar surface area (TPSA) is 20.2 Å². The fourth-order valence-corrected chi connectivity index (χ4v) is 1.61. The zero-order valence-corrected chi connectivity index (χ0v) is 9.65. The van der Waals surface area contributed by atoms with Crippen molar-refractivity contribution < 1.29 is 5.11 Å². The van der Waals surface area contributed by atoms with Gasteiger partial charge in [-0.3, -0.25) is 0 Å². The minimum Gasteiger partial charge on any atom is -0.396 e. The van der Waals surface area contributed by atoms with E-state index in [0.29, 0.717) is 12.5 Å². The highest BCUT2D eigenvalue weighted by Crippen LogP contribution is 2.10. The van der Waals surface area contributed by atoms with Crippen LogP contribution >= 0.6 is 15.9 Å². The molecule has 1 N–H and O–H groups in total. The highest BCUT2D eigenvalue weighted by atomic mass is 79.9. The highest BCUT2D eigenvalue weighted by Gasteiger charge is 1.98. The van der Waals surface area contributed by atoms with Crippen LogP contribution < -0.4 is 0 Å². The summed E-state index contributed by atoms with van der Waals surface area (Å²) in [5.41, 5.74) is 0. The van der Waals surface area contributed by atoms with Crippen LogP contribution in [0.25, 0.3) is 0 Å². The molecule has 0 aromatic heterocycles. The molecule has 0 aliphatic rings.